The lowest BCUT2D eigenvalue weighted by Gasteiger charge is -2.49. The normalized spacial score (nSPS) is 19.5. The van der Waals surface area contributed by atoms with E-state index in [0.29, 0.717) is 42.0 Å². The molecule has 0 radical (unpaired) electrons. The first-order valence-electron chi connectivity index (χ1n) is 15.5. The van der Waals surface area contributed by atoms with Crippen LogP contribution < -0.4 is 14.8 Å². The molecule has 0 atom stereocenters. The molecule has 1 aliphatic heterocycles. The number of rotatable bonds is 8. The van der Waals surface area contributed by atoms with Crippen LogP contribution in [0.2, 0.25) is 0 Å². The molecule has 0 bridgehead atoms. The summed E-state index contributed by atoms with van der Waals surface area (Å²) in [6.45, 7) is 15.3. The van der Waals surface area contributed by atoms with Crippen LogP contribution in [0.5, 0.6) is 11.5 Å². The maximum atomic E-state index is 14.0. The van der Waals surface area contributed by atoms with Crippen molar-refractivity contribution in [3.63, 3.8) is 0 Å². The van der Waals surface area contributed by atoms with Crippen LogP contribution in [0.15, 0.2) is 63.4 Å². The summed E-state index contributed by atoms with van der Waals surface area (Å²) in [4.78, 5) is 43.0. The van der Waals surface area contributed by atoms with Crippen molar-refractivity contribution in [1.82, 2.24) is 4.90 Å². The van der Waals surface area contributed by atoms with Gasteiger partial charge < -0.3 is 19.7 Å². The Balaban J connectivity index is 1.57. The second kappa shape index (κ2) is 12.2. The molecule has 0 spiro atoms. The Morgan fingerprint density at radius 3 is 2.07 bits per heavy atom. The molecule has 3 aliphatic rings. The predicted octanol–water partition coefficient (Wildman–Crippen LogP) is 7.88. The average Bonchev–Trinajstić information content (AvgIpc) is 2.91. The second-order valence-electron chi connectivity index (χ2n) is 13.7. The SMILES string of the molecule is CCOc1cc(C2C3=C(CC(C)(C)CC3=O)N(CC)C3=C2C(=O)CC(C)(C)C3)cc(Br)c1OCC(=O)Nc1ccccc1C. The number of carbonyl (C=O) groups is 3. The van der Waals surface area contributed by atoms with Gasteiger partial charge in [-0.1, -0.05) is 45.9 Å². The average molecular weight is 664 g/mol. The summed E-state index contributed by atoms with van der Waals surface area (Å²) >= 11 is 3.68. The summed E-state index contributed by atoms with van der Waals surface area (Å²) in [6.07, 6.45) is 2.39. The van der Waals surface area contributed by atoms with Crippen molar-refractivity contribution in [2.45, 2.75) is 80.1 Å². The van der Waals surface area contributed by atoms with E-state index >= 15 is 0 Å². The van der Waals surface area contributed by atoms with E-state index in [9.17, 15) is 14.4 Å². The minimum atomic E-state index is -0.496. The molecule has 44 heavy (non-hydrogen) atoms. The van der Waals surface area contributed by atoms with E-state index in [1.54, 1.807) is 0 Å². The fourth-order valence-electron chi connectivity index (χ4n) is 6.96. The van der Waals surface area contributed by atoms with E-state index in [1.165, 1.54) is 0 Å². The summed E-state index contributed by atoms with van der Waals surface area (Å²) in [7, 11) is 0. The maximum Gasteiger partial charge on any atom is 0.262 e. The number of ketones is 2. The Kier molecular flexibility index (Phi) is 8.87. The van der Waals surface area contributed by atoms with Gasteiger partial charge in [-0.2, -0.15) is 0 Å². The predicted molar refractivity (Wildman–Crippen MR) is 176 cm³/mol. The van der Waals surface area contributed by atoms with E-state index in [4.69, 9.17) is 9.47 Å². The number of Topliss-reactive ketones (excluding diaryl/α,β-unsaturated/α-hetero) is 2. The van der Waals surface area contributed by atoms with Crippen LogP contribution in [0.4, 0.5) is 5.69 Å². The third kappa shape index (κ3) is 6.23. The van der Waals surface area contributed by atoms with Crippen LogP contribution in [0.1, 0.15) is 84.3 Å². The Morgan fingerprint density at radius 2 is 1.52 bits per heavy atom. The number of hydrogen-bond donors (Lipinski definition) is 1. The number of para-hydroxylation sites is 1. The largest absolute Gasteiger partial charge is 0.490 e. The van der Waals surface area contributed by atoms with Gasteiger partial charge in [-0.05, 0) is 89.7 Å². The van der Waals surface area contributed by atoms with Crippen molar-refractivity contribution in [2.75, 3.05) is 25.1 Å². The van der Waals surface area contributed by atoms with Gasteiger partial charge in [0.1, 0.15) is 0 Å². The Labute approximate surface area is 269 Å². The highest BCUT2D eigenvalue weighted by atomic mass is 79.9. The molecule has 0 saturated carbocycles. The monoisotopic (exact) mass is 662 g/mol. The summed E-state index contributed by atoms with van der Waals surface area (Å²) in [5, 5.41) is 2.90. The Bertz CT molecular complexity index is 1530. The highest BCUT2D eigenvalue weighted by molar-refractivity contribution is 9.10. The van der Waals surface area contributed by atoms with Gasteiger partial charge in [-0.15, -0.1) is 0 Å². The first kappa shape index (κ1) is 32.0. The standard InChI is InChI=1S/C36H43BrN2O5/c1-8-39-25-16-35(4,5)18-27(40)32(25)31(33-26(39)17-36(6,7)19-28(33)41)22-14-23(37)34(29(15-22)43-9-2)44-20-30(42)38-24-13-11-10-12-21(24)3/h10-15,31H,8-9,16-20H2,1-7H3,(H,38,42). The van der Waals surface area contributed by atoms with Gasteiger partial charge in [0.2, 0.25) is 0 Å². The number of benzene rings is 2. The molecule has 7 nitrogen and oxygen atoms in total. The first-order chi connectivity index (χ1) is 20.7. The number of nitrogens with zero attached hydrogens (tertiary/aromatic N) is 1. The Morgan fingerprint density at radius 1 is 0.932 bits per heavy atom. The smallest absolute Gasteiger partial charge is 0.262 e. The van der Waals surface area contributed by atoms with Gasteiger partial charge in [-0.25, -0.2) is 0 Å². The zero-order valence-corrected chi connectivity index (χ0v) is 28.4. The van der Waals surface area contributed by atoms with Crippen LogP contribution in [0.3, 0.4) is 0 Å². The summed E-state index contributed by atoms with van der Waals surface area (Å²) in [5.74, 6) is 0.244. The molecule has 1 N–H and O–H groups in total. The third-order valence-corrected chi connectivity index (χ3v) is 9.36. The summed E-state index contributed by atoms with van der Waals surface area (Å²) < 4.78 is 12.7. The Hall–Kier alpha value is -3.39. The second-order valence-corrected chi connectivity index (χ2v) is 14.5. The molecule has 0 saturated heterocycles. The van der Waals surface area contributed by atoms with Crippen LogP contribution in [0.25, 0.3) is 0 Å². The number of anilines is 1. The van der Waals surface area contributed by atoms with Gasteiger partial charge in [0.25, 0.3) is 5.91 Å². The first-order valence-corrected chi connectivity index (χ1v) is 16.3. The molecular formula is C36H43BrN2O5. The lowest BCUT2D eigenvalue weighted by Crippen LogP contribution is -2.44. The molecule has 234 valence electrons. The van der Waals surface area contributed by atoms with Crippen molar-refractivity contribution in [2.24, 2.45) is 10.8 Å². The van der Waals surface area contributed by atoms with Crippen LogP contribution >= 0.6 is 15.9 Å². The zero-order valence-electron chi connectivity index (χ0n) is 26.9. The lowest BCUT2D eigenvalue weighted by atomic mass is 9.63. The number of hydrogen-bond acceptors (Lipinski definition) is 6. The summed E-state index contributed by atoms with van der Waals surface area (Å²) in [5.41, 5.74) is 5.65. The number of carbonyl (C=O) groups excluding carboxylic acids is 3. The van der Waals surface area contributed by atoms with Crippen molar-refractivity contribution < 1.29 is 23.9 Å². The van der Waals surface area contributed by atoms with Gasteiger partial charge in [0, 0.05) is 53.5 Å². The number of ether oxygens (including phenoxy) is 2. The highest BCUT2D eigenvalue weighted by Gasteiger charge is 2.48. The minimum absolute atomic E-state index is 0.0890. The van der Waals surface area contributed by atoms with Crippen LogP contribution in [0, 0.1) is 17.8 Å². The number of aryl methyl sites for hydroxylation is 1. The molecule has 1 heterocycles. The quantitative estimate of drug-likeness (QED) is 0.310. The van der Waals surface area contributed by atoms with E-state index in [0.717, 1.165) is 52.2 Å². The lowest BCUT2D eigenvalue weighted by molar-refractivity contribution is -0.120. The van der Waals surface area contributed by atoms with E-state index in [-0.39, 0.29) is 34.9 Å². The van der Waals surface area contributed by atoms with Gasteiger partial charge in [0.05, 0.1) is 11.1 Å². The molecule has 0 aromatic heterocycles. The maximum absolute atomic E-state index is 14.0. The molecule has 2 aliphatic carbocycles. The summed E-state index contributed by atoms with van der Waals surface area (Å²) in [6, 6.07) is 11.4. The van der Waals surface area contributed by atoms with Gasteiger partial charge in [-0.3, -0.25) is 14.4 Å². The van der Waals surface area contributed by atoms with Crippen molar-refractivity contribution >= 4 is 39.1 Å². The van der Waals surface area contributed by atoms with Crippen LogP contribution in [-0.2, 0) is 14.4 Å². The fraction of sp³-hybridized carbons (Fsp3) is 0.472. The number of nitrogens with one attached hydrogen (secondary N) is 1. The van der Waals surface area contributed by atoms with Crippen molar-refractivity contribution in [3.8, 4) is 11.5 Å². The van der Waals surface area contributed by atoms with E-state index in [1.807, 2.05) is 50.2 Å². The van der Waals surface area contributed by atoms with Gasteiger partial charge in [0.15, 0.2) is 29.7 Å². The molecule has 0 fully saturated rings. The molecule has 1 amide bonds. The third-order valence-electron chi connectivity index (χ3n) is 8.77. The zero-order chi connectivity index (χ0) is 32.0. The fourth-order valence-corrected chi connectivity index (χ4v) is 7.53. The van der Waals surface area contributed by atoms with E-state index < -0.39 is 5.92 Å². The minimum Gasteiger partial charge on any atom is -0.490 e. The van der Waals surface area contributed by atoms with Crippen molar-refractivity contribution in [3.05, 3.63) is 74.5 Å². The topological polar surface area (TPSA) is 84.9 Å². The number of halogens is 1. The number of allylic oxidation sites excluding steroid dienone is 4. The molecule has 0 unspecified atom stereocenters. The molecule has 2 aromatic rings. The van der Waals surface area contributed by atoms with E-state index in [2.05, 4.69) is 60.8 Å². The van der Waals surface area contributed by atoms with Crippen molar-refractivity contribution in [1.29, 1.82) is 0 Å². The molecule has 8 heteroatoms. The molecule has 2 aromatic carbocycles. The molecule has 5 rings (SSSR count). The highest BCUT2D eigenvalue weighted by Crippen LogP contribution is 2.55. The van der Waals surface area contributed by atoms with Crippen LogP contribution in [-0.4, -0.2) is 42.1 Å². The molecular weight excluding hydrogens is 620 g/mol. The van der Waals surface area contributed by atoms with Gasteiger partial charge >= 0.3 is 0 Å². The number of amides is 1.